The van der Waals surface area contributed by atoms with Crippen molar-refractivity contribution in [3.05, 3.63) is 0 Å². The number of rotatable bonds is 9. The zero-order chi connectivity index (χ0) is 14.7. The van der Waals surface area contributed by atoms with E-state index in [1.807, 2.05) is 0 Å². The van der Waals surface area contributed by atoms with Gasteiger partial charge in [0, 0.05) is 26.0 Å². The zero-order valence-corrected chi connectivity index (χ0v) is 10.8. The molecule has 0 bridgehead atoms. The van der Waals surface area contributed by atoms with Crippen molar-refractivity contribution >= 4 is 18.0 Å². The summed E-state index contributed by atoms with van der Waals surface area (Å²) in [5.74, 6) is -1.55. The summed E-state index contributed by atoms with van der Waals surface area (Å²) in [5.41, 5.74) is 0. The van der Waals surface area contributed by atoms with Crippen LogP contribution in [0.2, 0.25) is 0 Å². The van der Waals surface area contributed by atoms with Gasteiger partial charge in [-0.3, -0.25) is 4.79 Å². The van der Waals surface area contributed by atoms with Crippen LogP contribution in [0.1, 0.15) is 26.2 Å². The van der Waals surface area contributed by atoms with Crippen LogP contribution in [0.5, 0.6) is 0 Å². The minimum Gasteiger partial charge on any atom is -0.480 e. The fourth-order valence-corrected chi connectivity index (χ4v) is 1.26. The molecule has 0 aromatic heterocycles. The number of carbonyl (C=O) groups is 3. The summed E-state index contributed by atoms with van der Waals surface area (Å²) in [4.78, 5) is 33.0. The van der Waals surface area contributed by atoms with Crippen molar-refractivity contribution in [2.24, 2.45) is 0 Å². The highest BCUT2D eigenvalue weighted by Gasteiger charge is 2.18. The minimum atomic E-state index is -1.21. The monoisotopic (exact) mass is 276 g/mol. The molecule has 0 rings (SSSR count). The second-order valence-electron chi connectivity index (χ2n) is 3.71. The second-order valence-corrected chi connectivity index (χ2v) is 3.71. The Labute approximate surface area is 111 Å². The van der Waals surface area contributed by atoms with Crippen LogP contribution in [0.25, 0.3) is 0 Å². The molecule has 0 saturated carbocycles. The molecule has 0 heterocycles. The molecule has 0 fully saturated rings. The number of aliphatic hydroxyl groups is 1. The van der Waals surface area contributed by atoms with E-state index in [1.165, 1.54) is 0 Å². The fourth-order valence-electron chi connectivity index (χ4n) is 1.26. The molecule has 0 spiro atoms. The zero-order valence-electron chi connectivity index (χ0n) is 10.8. The summed E-state index contributed by atoms with van der Waals surface area (Å²) >= 11 is 0. The molecule has 110 valence electrons. The SMILES string of the molecule is CCOC(=O)CCCNC(=O)NC(CCO)C(=O)O. The van der Waals surface area contributed by atoms with Gasteiger partial charge in [0.15, 0.2) is 0 Å². The highest BCUT2D eigenvalue weighted by Crippen LogP contribution is 1.93. The maximum absolute atomic E-state index is 11.3. The molecule has 1 unspecified atom stereocenters. The van der Waals surface area contributed by atoms with Crippen LogP contribution < -0.4 is 10.6 Å². The first-order valence-corrected chi connectivity index (χ1v) is 6.04. The first-order valence-electron chi connectivity index (χ1n) is 6.04. The molecule has 0 aromatic carbocycles. The van der Waals surface area contributed by atoms with E-state index in [0.29, 0.717) is 13.0 Å². The van der Waals surface area contributed by atoms with Gasteiger partial charge < -0.3 is 25.6 Å². The summed E-state index contributed by atoms with van der Waals surface area (Å²) in [6.45, 7) is 1.92. The normalized spacial score (nSPS) is 11.5. The molecule has 2 amide bonds. The number of hydrogen-bond acceptors (Lipinski definition) is 5. The van der Waals surface area contributed by atoms with Crippen molar-refractivity contribution in [3.63, 3.8) is 0 Å². The number of aliphatic carboxylic acids is 1. The predicted octanol–water partition coefficient (Wildman–Crippen LogP) is -0.535. The van der Waals surface area contributed by atoms with Gasteiger partial charge in [-0.2, -0.15) is 0 Å². The van der Waals surface area contributed by atoms with Crippen LogP contribution in [-0.4, -0.2) is 54.0 Å². The molecule has 0 aliphatic carbocycles. The van der Waals surface area contributed by atoms with Gasteiger partial charge in [-0.15, -0.1) is 0 Å². The lowest BCUT2D eigenvalue weighted by atomic mass is 10.2. The lowest BCUT2D eigenvalue weighted by Crippen LogP contribution is -2.46. The third-order valence-corrected chi connectivity index (χ3v) is 2.17. The molecule has 0 aliphatic rings. The van der Waals surface area contributed by atoms with Crippen LogP contribution in [-0.2, 0) is 14.3 Å². The van der Waals surface area contributed by atoms with Crippen molar-refractivity contribution in [1.29, 1.82) is 0 Å². The third-order valence-electron chi connectivity index (χ3n) is 2.17. The molecule has 0 saturated heterocycles. The molecule has 0 radical (unpaired) electrons. The maximum Gasteiger partial charge on any atom is 0.326 e. The first kappa shape index (κ1) is 17.2. The summed E-state index contributed by atoms with van der Waals surface area (Å²) in [6, 6.07) is -1.78. The third kappa shape index (κ3) is 8.83. The van der Waals surface area contributed by atoms with Gasteiger partial charge in [-0.1, -0.05) is 0 Å². The first-order chi connectivity index (χ1) is 9.01. The van der Waals surface area contributed by atoms with Gasteiger partial charge in [0.1, 0.15) is 6.04 Å². The summed E-state index contributed by atoms with van der Waals surface area (Å²) < 4.78 is 4.70. The summed E-state index contributed by atoms with van der Waals surface area (Å²) in [6.07, 6.45) is 0.530. The Morgan fingerprint density at radius 3 is 2.53 bits per heavy atom. The quantitative estimate of drug-likeness (QED) is 0.331. The number of carboxylic acid groups (broad SMARTS) is 1. The second kappa shape index (κ2) is 10.1. The number of carbonyl (C=O) groups excluding carboxylic acids is 2. The smallest absolute Gasteiger partial charge is 0.326 e. The van der Waals surface area contributed by atoms with E-state index in [9.17, 15) is 14.4 Å². The summed E-state index contributed by atoms with van der Waals surface area (Å²) in [7, 11) is 0. The molecular weight excluding hydrogens is 256 g/mol. The average Bonchev–Trinajstić information content (AvgIpc) is 2.34. The Hall–Kier alpha value is -1.83. The van der Waals surface area contributed by atoms with Crippen molar-refractivity contribution < 1.29 is 29.3 Å². The molecule has 19 heavy (non-hydrogen) atoms. The van der Waals surface area contributed by atoms with E-state index in [-0.39, 0.29) is 32.0 Å². The molecule has 4 N–H and O–H groups in total. The lowest BCUT2D eigenvalue weighted by Gasteiger charge is -2.13. The van der Waals surface area contributed by atoms with Crippen LogP contribution >= 0.6 is 0 Å². The largest absolute Gasteiger partial charge is 0.480 e. The highest BCUT2D eigenvalue weighted by atomic mass is 16.5. The van der Waals surface area contributed by atoms with Gasteiger partial charge >= 0.3 is 18.0 Å². The van der Waals surface area contributed by atoms with Gasteiger partial charge in [0.05, 0.1) is 6.61 Å². The number of urea groups is 1. The molecular formula is C11H20N2O6. The van der Waals surface area contributed by atoms with Gasteiger partial charge in [0.2, 0.25) is 0 Å². The number of carboxylic acids is 1. The number of amides is 2. The van der Waals surface area contributed by atoms with E-state index >= 15 is 0 Å². The van der Waals surface area contributed by atoms with E-state index in [1.54, 1.807) is 6.92 Å². The standard InChI is InChI=1S/C11H20N2O6/c1-2-19-9(15)4-3-6-12-11(18)13-8(5-7-14)10(16)17/h8,14H,2-7H2,1H3,(H,16,17)(H2,12,13,18). The van der Waals surface area contributed by atoms with Crippen molar-refractivity contribution in [2.75, 3.05) is 19.8 Å². The number of esters is 1. The summed E-state index contributed by atoms with van der Waals surface area (Å²) in [5, 5.41) is 22.0. The maximum atomic E-state index is 11.3. The molecule has 8 heteroatoms. The number of hydrogen-bond donors (Lipinski definition) is 4. The van der Waals surface area contributed by atoms with Gasteiger partial charge in [-0.25, -0.2) is 9.59 Å². The van der Waals surface area contributed by atoms with Crippen LogP contribution in [0.4, 0.5) is 4.79 Å². The number of nitrogens with one attached hydrogen (secondary N) is 2. The highest BCUT2D eigenvalue weighted by molar-refractivity contribution is 5.82. The molecule has 0 aliphatic heterocycles. The van der Waals surface area contributed by atoms with Gasteiger partial charge in [0.25, 0.3) is 0 Å². The van der Waals surface area contributed by atoms with Crippen LogP contribution in [0, 0.1) is 0 Å². The van der Waals surface area contributed by atoms with E-state index in [0.717, 1.165) is 0 Å². The van der Waals surface area contributed by atoms with Crippen molar-refractivity contribution in [2.45, 2.75) is 32.2 Å². The lowest BCUT2D eigenvalue weighted by molar-refractivity contribution is -0.143. The minimum absolute atomic E-state index is 0.0639. The predicted molar refractivity (Wildman–Crippen MR) is 65.5 cm³/mol. The fraction of sp³-hybridized carbons (Fsp3) is 0.727. The topological polar surface area (TPSA) is 125 Å². The Morgan fingerprint density at radius 2 is 2.00 bits per heavy atom. The van der Waals surface area contributed by atoms with Crippen LogP contribution in [0.3, 0.4) is 0 Å². The van der Waals surface area contributed by atoms with E-state index in [4.69, 9.17) is 14.9 Å². The van der Waals surface area contributed by atoms with Crippen molar-refractivity contribution in [3.8, 4) is 0 Å². The molecule has 0 aromatic rings. The van der Waals surface area contributed by atoms with Crippen LogP contribution in [0.15, 0.2) is 0 Å². The molecule has 1 atom stereocenters. The van der Waals surface area contributed by atoms with E-state index in [2.05, 4.69) is 10.6 Å². The van der Waals surface area contributed by atoms with Crippen molar-refractivity contribution in [1.82, 2.24) is 10.6 Å². The molecule has 8 nitrogen and oxygen atoms in total. The number of ether oxygens (including phenoxy) is 1. The Morgan fingerprint density at radius 1 is 1.32 bits per heavy atom. The Bertz CT molecular complexity index is 308. The Balaban J connectivity index is 3.79. The number of aliphatic hydroxyl groups excluding tert-OH is 1. The average molecular weight is 276 g/mol. The van der Waals surface area contributed by atoms with E-state index < -0.39 is 18.0 Å². The Kier molecular flexibility index (Phi) is 9.15. The van der Waals surface area contributed by atoms with Gasteiger partial charge in [-0.05, 0) is 13.3 Å².